The number of nitrogens with zero attached hydrogens (tertiary/aromatic N) is 3. The highest BCUT2D eigenvalue weighted by Crippen LogP contribution is 2.11. The van der Waals surface area contributed by atoms with Gasteiger partial charge in [0.15, 0.2) is 0 Å². The topological polar surface area (TPSA) is 50.9 Å². The normalized spacial score (nSPS) is 10.9. The van der Waals surface area contributed by atoms with Gasteiger partial charge in [0.05, 0.1) is 0 Å². The molecule has 0 aliphatic heterocycles. The van der Waals surface area contributed by atoms with Crippen LogP contribution in [0.3, 0.4) is 0 Å². The van der Waals surface area contributed by atoms with Crippen LogP contribution >= 0.6 is 11.6 Å². The van der Waals surface area contributed by atoms with E-state index in [1.54, 1.807) is 0 Å². The van der Waals surface area contributed by atoms with Crippen molar-refractivity contribution in [2.45, 2.75) is 20.4 Å². The zero-order chi connectivity index (χ0) is 8.43. The summed E-state index contributed by atoms with van der Waals surface area (Å²) in [5, 5.41) is 12.7. The lowest BCUT2D eigenvalue weighted by Crippen LogP contribution is -2.05. The van der Waals surface area contributed by atoms with E-state index >= 15 is 0 Å². The summed E-state index contributed by atoms with van der Waals surface area (Å²) in [6.07, 6.45) is 0. The maximum absolute atomic E-state index is 8.82. The Balaban J connectivity index is 2.77. The largest absolute Gasteiger partial charge is 0.478 e. The Kier molecular flexibility index (Phi) is 2.34. The van der Waals surface area contributed by atoms with Gasteiger partial charge in [0, 0.05) is 6.54 Å². The van der Waals surface area contributed by atoms with Crippen LogP contribution in [0, 0.1) is 5.92 Å². The van der Waals surface area contributed by atoms with Gasteiger partial charge >= 0.3 is 6.01 Å². The number of rotatable bonds is 2. The first-order valence-corrected chi connectivity index (χ1v) is 3.76. The molecule has 1 heterocycles. The highest BCUT2D eigenvalue weighted by Gasteiger charge is 2.06. The highest BCUT2D eigenvalue weighted by atomic mass is 35.5. The van der Waals surface area contributed by atoms with Gasteiger partial charge in [-0.2, -0.15) is 4.98 Å². The summed E-state index contributed by atoms with van der Waals surface area (Å²) in [6.45, 7) is 4.75. The van der Waals surface area contributed by atoms with Gasteiger partial charge < -0.3 is 5.11 Å². The third-order valence-electron chi connectivity index (χ3n) is 1.15. The van der Waals surface area contributed by atoms with E-state index in [4.69, 9.17) is 16.7 Å². The molecule has 5 heteroatoms. The van der Waals surface area contributed by atoms with Gasteiger partial charge in [0.1, 0.15) is 0 Å². The van der Waals surface area contributed by atoms with Crippen LogP contribution in [0.25, 0.3) is 0 Å². The third kappa shape index (κ3) is 2.08. The molecular formula is C6H10ClN3O. The van der Waals surface area contributed by atoms with E-state index in [1.165, 1.54) is 4.68 Å². The molecule has 11 heavy (non-hydrogen) atoms. The van der Waals surface area contributed by atoms with E-state index < -0.39 is 0 Å². The standard InChI is InChI=1S/C6H10ClN3O/c1-4(2)3-10-5(7)8-6(11)9-10/h4H,3H2,1-2H3,(H,9,11). The Morgan fingerprint density at radius 1 is 1.64 bits per heavy atom. The minimum atomic E-state index is -0.268. The van der Waals surface area contributed by atoms with Gasteiger partial charge in [-0.3, -0.25) is 0 Å². The zero-order valence-electron chi connectivity index (χ0n) is 6.45. The van der Waals surface area contributed by atoms with Gasteiger partial charge in [-0.15, -0.1) is 5.10 Å². The smallest absolute Gasteiger partial charge is 0.334 e. The molecule has 4 nitrogen and oxygen atoms in total. The molecule has 0 bridgehead atoms. The van der Waals surface area contributed by atoms with Gasteiger partial charge in [-0.1, -0.05) is 13.8 Å². The van der Waals surface area contributed by atoms with Crippen molar-refractivity contribution in [3.63, 3.8) is 0 Å². The Labute approximate surface area is 69.8 Å². The number of aromatic nitrogens is 3. The number of hydrogen-bond acceptors (Lipinski definition) is 3. The van der Waals surface area contributed by atoms with Crippen LogP contribution in [0.5, 0.6) is 6.01 Å². The summed E-state index contributed by atoms with van der Waals surface area (Å²) in [5.74, 6) is 0.439. The number of aromatic hydroxyl groups is 1. The molecule has 0 saturated heterocycles. The average Bonchev–Trinajstić information content (AvgIpc) is 2.09. The van der Waals surface area contributed by atoms with Crippen molar-refractivity contribution in [3.8, 4) is 6.01 Å². The summed E-state index contributed by atoms with van der Waals surface area (Å²) in [5.41, 5.74) is 0. The average molecular weight is 176 g/mol. The predicted octanol–water partition coefficient (Wildman–Crippen LogP) is 1.29. The first kappa shape index (κ1) is 8.33. The SMILES string of the molecule is CC(C)Cn1nc(O)nc1Cl. The monoisotopic (exact) mass is 175 g/mol. The molecule has 1 aromatic heterocycles. The van der Waals surface area contributed by atoms with Crippen LogP contribution < -0.4 is 0 Å². The van der Waals surface area contributed by atoms with E-state index in [2.05, 4.69) is 10.1 Å². The first-order chi connectivity index (χ1) is 5.09. The molecule has 0 unspecified atom stereocenters. The first-order valence-electron chi connectivity index (χ1n) is 3.39. The fourth-order valence-electron chi connectivity index (χ4n) is 0.774. The number of halogens is 1. The lowest BCUT2D eigenvalue weighted by atomic mass is 10.2. The molecule has 1 N–H and O–H groups in total. The van der Waals surface area contributed by atoms with Crippen molar-refractivity contribution in [2.24, 2.45) is 5.92 Å². The summed E-state index contributed by atoms with van der Waals surface area (Å²) >= 11 is 5.62. The zero-order valence-corrected chi connectivity index (χ0v) is 7.21. The lowest BCUT2D eigenvalue weighted by molar-refractivity contribution is 0.411. The van der Waals surface area contributed by atoms with Crippen molar-refractivity contribution < 1.29 is 5.11 Å². The van der Waals surface area contributed by atoms with Crippen molar-refractivity contribution in [2.75, 3.05) is 0 Å². The van der Waals surface area contributed by atoms with Crippen molar-refractivity contribution in [1.29, 1.82) is 0 Å². The molecule has 0 fully saturated rings. The molecule has 0 spiro atoms. The predicted molar refractivity (Wildman–Crippen MR) is 41.5 cm³/mol. The fourth-order valence-corrected chi connectivity index (χ4v) is 0.956. The van der Waals surface area contributed by atoms with E-state index in [0.717, 1.165) is 0 Å². The summed E-state index contributed by atoms with van der Waals surface area (Å²) < 4.78 is 1.47. The van der Waals surface area contributed by atoms with E-state index in [9.17, 15) is 0 Å². The molecule has 0 aliphatic carbocycles. The second-order valence-electron chi connectivity index (χ2n) is 2.76. The van der Waals surface area contributed by atoms with Crippen molar-refractivity contribution in [1.82, 2.24) is 14.8 Å². The maximum Gasteiger partial charge on any atom is 0.334 e. The van der Waals surface area contributed by atoms with Crippen LogP contribution in [-0.4, -0.2) is 19.9 Å². The van der Waals surface area contributed by atoms with Gasteiger partial charge in [0.2, 0.25) is 5.28 Å². The quantitative estimate of drug-likeness (QED) is 0.737. The van der Waals surface area contributed by atoms with Crippen LogP contribution in [0.1, 0.15) is 13.8 Å². The lowest BCUT2D eigenvalue weighted by Gasteiger charge is -2.03. The Bertz CT molecular complexity index is 246. The van der Waals surface area contributed by atoms with Gasteiger partial charge in [-0.05, 0) is 17.5 Å². The van der Waals surface area contributed by atoms with Crippen LogP contribution in [-0.2, 0) is 6.54 Å². The minimum Gasteiger partial charge on any atom is -0.478 e. The van der Waals surface area contributed by atoms with Gasteiger partial charge in [0.25, 0.3) is 0 Å². The van der Waals surface area contributed by atoms with Gasteiger partial charge in [-0.25, -0.2) is 4.68 Å². The summed E-state index contributed by atoms with van der Waals surface area (Å²) in [4.78, 5) is 3.54. The molecule has 1 rings (SSSR count). The molecule has 0 radical (unpaired) electrons. The van der Waals surface area contributed by atoms with E-state index in [1.807, 2.05) is 13.8 Å². The van der Waals surface area contributed by atoms with Crippen molar-refractivity contribution in [3.05, 3.63) is 5.28 Å². The molecule has 62 valence electrons. The third-order valence-corrected chi connectivity index (χ3v) is 1.43. The van der Waals surface area contributed by atoms with Crippen LogP contribution in [0.2, 0.25) is 5.28 Å². The molecule has 0 aromatic carbocycles. The van der Waals surface area contributed by atoms with E-state index in [-0.39, 0.29) is 11.3 Å². The molecule has 0 amide bonds. The van der Waals surface area contributed by atoms with Crippen molar-refractivity contribution >= 4 is 11.6 Å². The molecule has 0 aliphatic rings. The maximum atomic E-state index is 8.82. The molecular weight excluding hydrogens is 166 g/mol. The highest BCUT2D eigenvalue weighted by molar-refractivity contribution is 6.28. The van der Waals surface area contributed by atoms with Crippen LogP contribution in [0.15, 0.2) is 0 Å². The van der Waals surface area contributed by atoms with Crippen LogP contribution in [0.4, 0.5) is 0 Å². The molecule has 0 atom stereocenters. The Morgan fingerprint density at radius 3 is 2.64 bits per heavy atom. The Morgan fingerprint density at radius 2 is 2.27 bits per heavy atom. The number of hydrogen-bond donors (Lipinski definition) is 1. The second kappa shape index (κ2) is 3.09. The molecule has 1 aromatic rings. The Hall–Kier alpha value is -0.770. The second-order valence-corrected chi connectivity index (χ2v) is 3.09. The van der Waals surface area contributed by atoms with E-state index in [0.29, 0.717) is 12.5 Å². The molecule has 0 saturated carbocycles. The summed E-state index contributed by atoms with van der Waals surface area (Å²) in [6, 6.07) is -0.268. The summed E-state index contributed by atoms with van der Waals surface area (Å²) in [7, 11) is 0. The minimum absolute atomic E-state index is 0.233. The fraction of sp³-hybridized carbons (Fsp3) is 0.667.